The van der Waals surface area contributed by atoms with Crippen molar-refractivity contribution in [1.29, 1.82) is 0 Å². The summed E-state index contributed by atoms with van der Waals surface area (Å²) in [7, 11) is 0. The van der Waals surface area contributed by atoms with Crippen molar-refractivity contribution in [2.75, 3.05) is 13.2 Å². The highest BCUT2D eigenvalue weighted by Gasteiger charge is 2.39. The highest BCUT2D eigenvalue weighted by Crippen LogP contribution is 2.30. The summed E-state index contributed by atoms with van der Waals surface area (Å²) >= 11 is 0. The highest BCUT2D eigenvalue weighted by molar-refractivity contribution is 6.05. The van der Waals surface area contributed by atoms with Crippen LogP contribution in [0.5, 0.6) is 5.75 Å². The summed E-state index contributed by atoms with van der Waals surface area (Å²) in [6.45, 7) is 1.47. The number of nitrogens with one attached hydrogen (secondary N) is 1. The Morgan fingerprint density at radius 3 is 2.67 bits per heavy atom. The Labute approximate surface area is 210 Å². The Bertz CT molecular complexity index is 1170. The van der Waals surface area contributed by atoms with Crippen molar-refractivity contribution in [1.82, 2.24) is 15.1 Å². The molecule has 1 N–H and O–H groups in total. The number of carbonyl (C=O) groups excluding carboxylic acids is 4. The Hall–Kier alpha value is -3.68. The van der Waals surface area contributed by atoms with Crippen molar-refractivity contribution in [2.45, 2.75) is 63.6 Å². The van der Waals surface area contributed by atoms with Gasteiger partial charge in [0.15, 0.2) is 0 Å². The fourth-order valence-electron chi connectivity index (χ4n) is 5.37. The molecule has 36 heavy (non-hydrogen) atoms. The van der Waals surface area contributed by atoms with Crippen molar-refractivity contribution in [2.24, 2.45) is 0 Å². The average molecular weight is 490 g/mol. The first-order valence-corrected chi connectivity index (χ1v) is 12.7. The second-order valence-electron chi connectivity index (χ2n) is 9.75. The Balaban J connectivity index is 1.19. The molecule has 2 saturated heterocycles. The van der Waals surface area contributed by atoms with Gasteiger partial charge in [-0.05, 0) is 61.4 Å². The smallest absolute Gasteiger partial charge is 0.255 e. The fraction of sp³-hybridized carbons (Fsp3) is 0.429. The first-order valence-electron chi connectivity index (χ1n) is 12.7. The number of piperidine rings is 2. The second-order valence-corrected chi connectivity index (χ2v) is 9.75. The topological polar surface area (TPSA) is 96.0 Å². The number of hydrogen-bond acceptors (Lipinski definition) is 5. The monoisotopic (exact) mass is 489 g/mol. The van der Waals surface area contributed by atoms with Gasteiger partial charge < -0.3 is 14.5 Å². The summed E-state index contributed by atoms with van der Waals surface area (Å²) in [5.74, 6) is -0.112. The van der Waals surface area contributed by atoms with Gasteiger partial charge in [0.05, 0.1) is 6.04 Å². The van der Waals surface area contributed by atoms with E-state index in [2.05, 4.69) is 5.32 Å². The Morgan fingerprint density at radius 1 is 1.03 bits per heavy atom. The summed E-state index contributed by atoms with van der Waals surface area (Å²) in [5, 5.41) is 2.32. The van der Waals surface area contributed by atoms with Crippen LogP contribution >= 0.6 is 0 Å². The van der Waals surface area contributed by atoms with Crippen molar-refractivity contribution in [3.05, 3.63) is 65.2 Å². The van der Waals surface area contributed by atoms with E-state index in [1.165, 1.54) is 4.90 Å². The van der Waals surface area contributed by atoms with Gasteiger partial charge in [0.2, 0.25) is 17.7 Å². The van der Waals surface area contributed by atoms with E-state index in [0.717, 1.165) is 43.4 Å². The predicted octanol–water partition coefficient (Wildman–Crippen LogP) is 2.84. The molecule has 3 aliphatic heterocycles. The van der Waals surface area contributed by atoms with Crippen LogP contribution < -0.4 is 10.1 Å². The molecule has 1 unspecified atom stereocenters. The molecule has 0 bridgehead atoms. The number of benzene rings is 2. The lowest BCUT2D eigenvalue weighted by Gasteiger charge is -2.35. The zero-order chi connectivity index (χ0) is 25.1. The predicted molar refractivity (Wildman–Crippen MR) is 132 cm³/mol. The molecule has 2 aromatic rings. The lowest BCUT2D eigenvalue weighted by atomic mass is 10.0. The normalized spacial score (nSPS) is 21.8. The van der Waals surface area contributed by atoms with Crippen LogP contribution in [0.2, 0.25) is 0 Å². The molecule has 8 nitrogen and oxygen atoms in total. The maximum absolute atomic E-state index is 13.0. The van der Waals surface area contributed by atoms with Gasteiger partial charge in [-0.2, -0.15) is 0 Å². The number of imide groups is 1. The van der Waals surface area contributed by atoms with Gasteiger partial charge in [-0.25, -0.2) is 0 Å². The average Bonchev–Trinajstić information content (AvgIpc) is 3.22. The van der Waals surface area contributed by atoms with Gasteiger partial charge in [-0.15, -0.1) is 0 Å². The Morgan fingerprint density at radius 2 is 1.86 bits per heavy atom. The van der Waals surface area contributed by atoms with Gasteiger partial charge >= 0.3 is 0 Å². The van der Waals surface area contributed by atoms with E-state index in [1.807, 2.05) is 41.3 Å². The molecule has 0 aromatic heterocycles. The first-order chi connectivity index (χ1) is 17.5. The molecular weight excluding hydrogens is 458 g/mol. The lowest BCUT2D eigenvalue weighted by Crippen LogP contribution is -2.52. The maximum Gasteiger partial charge on any atom is 0.255 e. The van der Waals surface area contributed by atoms with Crippen LogP contribution in [0.25, 0.3) is 0 Å². The third-order valence-electron chi connectivity index (χ3n) is 7.36. The molecule has 2 fully saturated rings. The molecule has 188 valence electrons. The quantitative estimate of drug-likeness (QED) is 0.604. The molecule has 0 radical (unpaired) electrons. The number of likely N-dealkylation sites (tertiary alicyclic amines) is 1. The van der Waals surface area contributed by atoms with E-state index in [9.17, 15) is 19.2 Å². The molecule has 2 atom stereocenters. The van der Waals surface area contributed by atoms with E-state index in [0.29, 0.717) is 37.3 Å². The van der Waals surface area contributed by atoms with Crippen molar-refractivity contribution in [3.63, 3.8) is 0 Å². The van der Waals surface area contributed by atoms with Gasteiger partial charge in [-0.3, -0.25) is 24.5 Å². The molecule has 0 spiro atoms. The molecule has 3 aliphatic rings. The van der Waals surface area contributed by atoms with Crippen LogP contribution in [0.15, 0.2) is 48.5 Å². The maximum atomic E-state index is 13.0. The van der Waals surface area contributed by atoms with Gasteiger partial charge in [0.1, 0.15) is 18.4 Å². The number of ether oxygens (including phenoxy) is 1. The van der Waals surface area contributed by atoms with E-state index in [4.69, 9.17) is 4.74 Å². The number of hydrogen-bond donors (Lipinski definition) is 1. The minimum atomic E-state index is -0.635. The largest absolute Gasteiger partial charge is 0.491 e. The van der Waals surface area contributed by atoms with Crippen molar-refractivity contribution >= 4 is 23.6 Å². The van der Waals surface area contributed by atoms with Gasteiger partial charge in [0.25, 0.3) is 5.91 Å². The van der Waals surface area contributed by atoms with Crippen LogP contribution in [0.3, 0.4) is 0 Å². The molecule has 3 heterocycles. The molecule has 5 rings (SSSR count). The number of aryl methyl sites for hydroxylation is 1. The molecular formula is C28H31N3O5. The summed E-state index contributed by atoms with van der Waals surface area (Å²) in [6, 6.07) is 14.8. The summed E-state index contributed by atoms with van der Waals surface area (Å²) < 4.78 is 6.12. The number of amides is 4. The van der Waals surface area contributed by atoms with Gasteiger partial charge in [-0.1, -0.05) is 30.3 Å². The van der Waals surface area contributed by atoms with Crippen molar-refractivity contribution < 1.29 is 23.9 Å². The molecule has 0 aliphatic carbocycles. The number of rotatable bonds is 7. The van der Waals surface area contributed by atoms with E-state index < -0.39 is 11.9 Å². The second kappa shape index (κ2) is 10.5. The zero-order valence-electron chi connectivity index (χ0n) is 20.3. The van der Waals surface area contributed by atoms with Crippen molar-refractivity contribution in [3.8, 4) is 5.75 Å². The minimum Gasteiger partial charge on any atom is -0.491 e. The zero-order valence-corrected chi connectivity index (χ0v) is 20.3. The first kappa shape index (κ1) is 24.0. The molecule has 4 amide bonds. The number of carbonyl (C=O) groups is 4. The summed E-state index contributed by atoms with van der Waals surface area (Å²) in [5.41, 5.74) is 2.53. The molecule has 8 heteroatoms. The standard InChI is InChI=1S/C28H31N3O5/c32-25-13-12-24(27(34)29-25)31-17-20-16-22(10-11-23(20)28(31)35)36-18-21-8-4-5-15-30(21)26(33)14-9-19-6-2-1-3-7-19/h1-3,6-7,10-11,16,21,24H,4-5,8-9,12-15,17-18H2,(H,29,32,34)/t21-,24?/m0/s1. The summed E-state index contributed by atoms with van der Waals surface area (Å²) in [6.07, 6.45) is 4.75. The van der Waals surface area contributed by atoms with E-state index in [1.54, 1.807) is 12.1 Å². The van der Waals surface area contributed by atoms with Crippen LogP contribution in [0.4, 0.5) is 0 Å². The van der Waals surface area contributed by atoms with Crippen LogP contribution in [-0.2, 0) is 27.3 Å². The lowest BCUT2D eigenvalue weighted by molar-refractivity contribution is -0.137. The van der Waals surface area contributed by atoms with Crippen LogP contribution in [0, 0.1) is 0 Å². The number of nitrogens with zero attached hydrogens (tertiary/aromatic N) is 2. The molecule has 0 saturated carbocycles. The van der Waals surface area contributed by atoms with Crippen LogP contribution in [0.1, 0.15) is 60.0 Å². The SMILES string of the molecule is O=C1CCC(N2Cc3cc(OC[C@@H]4CCCCN4C(=O)CCc4ccccc4)ccc3C2=O)C(=O)N1. The van der Waals surface area contributed by atoms with E-state index >= 15 is 0 Å². The van der Waals surface area contributed by atoms with E-state index in [-0.39, 0.29) is 30.2 Å². The summed E-state index contributed by atoms with van der Waals surface area (Å²) in [4.78, 5) is 53.1. The fourth-order valence-corrected chi connectivity index (χ4v) is 5.37. The van der Waals surface area contributed by atoms with Gasteiger partial charge in [0, 0.05) is 31.5 Å². The highest BCUT2D eigenvalue weighted by atomic mass is 16.5. The van der Waals surface area contributed by atoms with Crippen LogP contribution in [-0.4, -0.2) is 58.7 Å². The minimum absolute atomic E-state index is 0.0249. The number of fused-ring (bicyclic) bond motifs is 1. The molecule has 2 aromatic carbocycles. The third-order valence-corrected chi connectivity index (χ3v) is 7.36. The Kier molecular flexibility index (Phi) is 7.02. The third kappa shape index (κ3) is 5.12.